The number of anilines is 4. The number of aryl methyl sites for hydroxylation is 4. The van der Waals surface area contributed by atoms with Gasteiger partial charge in [-0.3, -0.25) is 10.9 Å². The normalized spacial score (nSPS) is 16.8. The fourth-order valence-electron chi connectivity index (χ4n) is 12.4. The van der Waals surface area contributed by atoms with Gasteiger partial charge in [0, 0.05) is 27.8 Å². The minimum atomic E-state index is -0.260. The van der Waals surface area contributed by atoms with Crippen molar-refractivity contribution in [3.63, 3.8) is 0 Å². The molecule has 0 unspecified atom stereocenters. The molecule has 0 fully saturated rings. The van der Waals surface area contributed by atoms with Crippen LogP contribution in [0.1, 0.15) is 123 Å². The Balaban J connectivity index is 1.36. The maximum absolute atomic E-state index is 4.09. The summed E-state index contributed by atoms with van der Waals surface area (Å²) >= 11 is 0. The first kappa shape index (κ1) is 40.5. The summed E-state index contributed by atoms with van der Waals surface area (Å²) in [6.07, 6.45) is 2.33. The summed E-state index contributed by atoms with van der Waals surface area (Å²) < 4.78 is 0. The summed E-state index contributed by atoms with van der Waals surface area (Å²) in [4.78, 5) is 2.68. The first-order chi connectivity index (χ1) is 30.5. The van der Waals surface area contributed by atoms with Gasteiger partial charge in [-0.1, -0.05) is 145 Å². The van der Waals surface area contributed by atoms with Crippen LogP contribution in [-0.2, 0) is 16.2 Å². The molecule has 6 bridgehead atoms. The van der Waals surface area contributed by atoms with Crippen LogP contribution in [0, 0.1) is 34.6 Å². The molecule has 320 valence electrons. The minimum absolute atomic E-state index is 0.0234. The molecule has 64 heavy (non-hydrogen) atoms. The van der Waals surface area contributed by atoms with Crippen LogP contribution >= 0.6 is 0 Å². The molecule has 0 saturated carbocycles. The molecule has 7 aromatic rings. The van der Waals surface area contributed by atoms with E-state index in [9.17, 15) is 0 Å². The third kappa shape index (κ3) is 5.58. The third-order valence-electron chi connectivity index (χ3n) is 16.0. The second kappa shape index (κ2) is 13.8. The molecule has 0 atom stereocenters. The fourth-order valence-corrected chi connectivity index (χ4v) is 12.4. The van der Waals surface area contributed by atoms with E-state index in [-0.39, 0.29) is 16.2 Å². The summed E-state index contributed by atoms with van der Waals surface area (Å²) in [5.74, 6) is 0. The van der Waals surface area contributed by atoms with Gasteiger partial charge in [0.1, 0.15) is 0 Å². The molecule has 0 amide bonds. The van der Waals surface area contributed by atoms with E-state index >= 15 is 0 Å². The fraction of sp³-hybridized carbons (Fsp3) is 0.279. The van der Waals surface area contributed by atoms with Gasteiger partial charge in [0.2, 0.25) is 0 Å². The van der Waals surface area contributed by atoms with Crippen molar-refractivity contribution in [3.05, 3.63) is 176 Å². The highest BCUT2D eigenvalue weighted by Gasteiger charge is 2.44. The quantitative estimate of drug-likeness (QED) is 0.186. The SMILES string of the molecule is CC1=C(c2c(C)cccc2C)NNc2c3cc4c(c2-c2cccc1c2-c1ccc(-c2ccccc2C)c(C)c1N3c1cc2c(cc1C)C(C)(C)CCC2(C)C)C(C)(C)c1ccccc1-4. The molecule has 0 saturated heterocycles. The van der Waals surface area contributed by atoms with Crippen LogP contribution in [0.15, 0.2) is 115 Å². The Morgan fingerprint density at radius 2 is 1.03 bits per heavy atom. The summed E-state index contributed by atoms with van der Waals surface area (Å²) in [5, 5.41) is 0. The van der Waals surface area contributed by atoms with Gasteiger partial charge in [-0.25, -0.2) is 0 Å². The summed E-state index contributed by atoms with van der Waals surface area (Å²) in [6.45, 7) is 28.5. The molecular weight excluding hydrogens is 775 g/mol. The molecule has 3 heteroatoms. The van der Waals surface area contributed by atoms with Gasteiger partial charge in [0.15, 0.2) is 0 Å². The maximum Gasteiger partial charge on any atom is 0.0862 e. The minimum Gasteiger partial charge on any atom is -0.307 e. The third-order valence-corrected chi connectivity index (χ3v) is 16.0. The first-order valence-corrected chi connectivity index (χ1v) is 23.4. The molecule has 3 nitrogen and oxygen atoms in total. The maximum atomic E-state index is 4.09. The van der Waals surface area contributed by atoms with Gasteiger partial charge in [-0.05, 0) is 172 Å². The van der Waals surface area contributed by atoms with E-state index in [1.54, 1.807) is 0 Å². The van der Waals surface area contributed by atoms with Crippen LogP contribution in [0.2, 0.25) is 0 Å². The van der Waals surface area contributed by atoms with Gasteiger partial charge in [0.05, 0.1) is 22.8 Å². The standard InChI is InChI=1S/C61H61N3/c1-34-19-13-14-22-40(34)41-27-28-45-53-42-24-18-25-44(53)54-55-46(43-23-15-16-26-47(43)61(55,11)12)32-51(57(54)63-62-56(38(42)5)52-35(2)20-17-21-36(52)3)64(58(45)39(41)6)50-33-49-48(31-37(50)4)59(7,8)29-30-60(49,9)10/h13-28,31-33,62-63H,29-30H2,1-12H3. The molecule has 7 aromatic carbocycles. The van der Waals surface area contributed by atoms with Gasteiger partial charge in [0.25, 0.3) is 0 Å². The van der Waals surface area contributed by atoms with Crippen molar-refractivity contribution >= 4 is 34.0 Å². The molecule has 4 aliphatic rings. The molecule has 11 rings (SSSR count). The predicted octanol–water partition coefficient (Wildman–Crippen LogP) is 16.5. The van der Waals surface area contributed by atoms with Gasteiger partial charge in [-0.2, -0.15) is 0 Å². The van der Waals surface area contributed by atoms with E-state index in [1.807, 2.05) is 0 Å². The lowest BCUT2D eigenvalue weighted by atomic mass is 9.63. The van der Waals surface area contributed by atoms with E-state index < -0.39 is 0 Å². The number of nitrogens with one attached hydrogen (secondary N) is 2. The molecule has 2 heterocycles. The van der Waals surface area contributed by atoms with Crippen LogP contribution in [0.25, 0.3) is 55.8 Å². The summed E-state index contributed by atoms with van der Waals surface area (Å²) in [5.41, 5.74) is 39.6. The van der Waals surface area contributed by atoms with E-state index in [2.05, 4.69) is 214 Å². The molecule has 0 aromatic heterocycles. The van der Waals surface area contributed by atoms with Gasteiger partial charge < -0.3 is 4.90 Å². The molecule has 2 aliphatic heterocycles. The number of rotatable bonds is 3. The molecule has 0 spiro atoms. The van der Waals surface area contributed by atoms with Crippen LogP contribution in [0.4, 0.5) is 22.7 Å². The smallest absolute Gasteiger partial charge is 0.0862 e. The molecule has 0 radical (unpaired) electrons. The van der Waals surface area contributed by atoms with Crippen molar-refractivity contribution in [2.75, 3.05) is 10.3 Å². The Hall–Kier alpha value is -6.32. The number of hydrogen-bond donors (Lipinski definition) is 2. The lowest BCUT2D eigenvalue weighted by Crippen LogP contribution is -2.34. The Bertz CT molecular complexity index is 3180. The number of nitrogens with zero attached hydrogens (tertiary/aromatic N) is 1. The Morgan fingerprint density at radius 1 is 0.438 bits per heavy atom. The first-order valence-electron chi connectivity index (χ1n) is 23.4. The van der Waals surface area contributed by atoms with E-state index in [0.717, 1.165) is 23.5 Å². The Morgan fingerprint density at radius 3 is 1.75 bits per heavy atom. The predicted molar refractivity (Wildman–Crippen MR) is 273 cm³/mol. The highest BCUT2D eigenvalue weighted by atomic mass is 15.4. The average Bonchev–Trinajstić information content (AvgIpc) is 3.49. The zero-order valence-electron chi connectivity index (χ0n) is 39.8. The molecular formula is C61H61N3. The second-order valence-corrected chi connectivity index (χ2v) is 21.2. The lowest BCUT2D eigenvalue weighted by Gasteiger charge is -2.44. The highest BCUT2D eigenvalue weighted by Crippen LogP contribution is 2.63. The Labute approximate surface area is 381 Å². The Kier molecular flexibility index (Phi) is 8.75. The molecule has 2 N–H and O–H groups in total. The van der Waals surface area contributed by atoms with Crippen molar-refractivity contribution < 1.29 is 0 Å². The highest BCUT2D eigenvalue weighted by molar-refractivity contribution is 6.13. The van der Waals surface area contributed by atoms with E-state index in [4.69, 9.17) is 0 Å². The van der Waals surface area contributed by atoms with Crippen molar-refractivity contribution in [2.45, 2.75) is 112 Å². The monoisotopic (exact) mass is 835 g/mol. The zero-order chi connectivity index (χ0) is 44.8. The molecule has 2 aliphatic carbocycles. The number of hydrogen-bond acceptors (Lipinski definition) is 3. The van der Waals surface area contributed by atoms with Crippen LogP contribution in [-0.4, -0.2) is 0 Å². The topological polar surface area (TPSA) is 27.3 Å². The van der Waals surface area contributed by atoms with Crippen molar-refractivity contribution in [1.29, 1.82) is 0 Å². The average molecular weight is 836 g/mol. The number of allylic oxidation sites excluding steroid dienone is 1. The van der Waals surface area contributed by atoms with E-state index in [0.29, 0.717) is 0 Å². The van der Waals surface area contributed by atoms with Gasteiger partial charge >= 0.3 is 0 Å². The van der Waals surface area contributed by atoms with Gasteiger partial charge in [-0.15, -0.1) is 0 Å². The summed E-state index contributed by atoms with van der Waals surface area (Å²) in [7, 11) is 0. The lowest BCUT2D eigenvalue weighted by molar-refractivity contribution is 0.332. The van der Waals surface area contributed by atoms with E-state index in [1.165, 1.54) is 129 Å². The summed E-state index contributed by atoms with van der Waals surface area (Å²) in [6, 6.07) is 44.3. The number of benzene rings is 7. The van der Waals surface area contributed by atoms with Crippen LogP contribution in [0.3, 0.4) is 0 Å². The zero-order valence-corrected chi connectivity index (χ0v) is 39.8. The van der Waals surface area contributed by atoms with Crippen LogP contribution in [0.5, 0.6) is 0 Å². The number of hydrazine groups is 1. The van der Waals surface area contributed by atoms with Crippen LogP contribution < -0.4 is 15.8 Å². The second-order valence-electron chi connectivity index (χ2n) is 21.2. The largest absolute Gasteiger partial charge is 0.307 e. The van der Waals surface area contributed by atoms with Crippen molar-refractivity contribution in [3.8, 4) is 44.5 Å². The van der Waals surface area contributed by atoms with Crippen molar-refractivity contribution in [1.82, 2.24) is 5.43 Å². The number of fused-ring (bicyclic) bond motifs is 5. The van der Waals surface area contributed by atoms with Crippen molar-refractivity contribution in [2.24, 2.45) is 0 Å².